The normalized spacial score (nSPS) is 10.7. The fraction of sp³-hybridized carbons (Fsp3) is 0.105. The van der Waals surface area contributed by atoms with Crippen LogP contribution in [0.1, 0.15) is 16.8 Å². The Kier molecular flexibility index (Phi) is 4.18. The molecule has 1 aromatic carbocycles. The number of nitrogens with one attached hydrogen (secondary N) is 1. The maximum atomic E-state index is 9.47. The lowest BCUT2D eigenvalue weighted by Gasteiger charge is -2.11. The highest BCUT2D eigenvalue weighted by Gasteiger charge is 2.16. The lowest BCUT2D eigenvalue weighted by Crippen LogP contribution is -2.07. The van der Waals surface area contributed by atoms with Gasteiger partial charge in [0.15, 0.2) is 11.6 Å². The number of aromatic nitrogens is 5. The second-order valence-electron chi connectivity index (χ2n) is 6.03. The standard InChI is InChI=1S/C19H14ClN7/c1-11-7-17(24-15-6-4-3-5-14(11)15)27-18(13(9-21)10-22-27)25-16-8-12(2)23-19(20)26-16/h3-8,10H,1-2H3,(H,23,25,26). The van der Waals surface area contributed by atoms with E-state index < -0.39 is 0 Å². The highest BCUT2D eigenvalue weighted by Crippen LogP contribution is 2.25. The van der Waals surface area contributed by atoms with E-state index in [2.05, 4.69) is 31.4 Å². The number of aryl methyl sites for hydroxylation is 2. The number of pyridine rings is 1. The first-order valence-corrected chi connectivity index (χ1v) is 8.56. The zero-order valence-corrected chi connectivity index (χ0v) is 15.4. The number of nitriles is 1. The van der Waals surface area contributed by atoms with Gasteiger partial charge in [-0.1, -0.05) is 18.2 Å². The van der Waals surface area contributed by atoms with Crippen LogP contribution in [-0.4, -0.2) is 24.7 Å². The topological polar surface area (TPSA) is 92.3 Å². The molecule has 7 nitrogen and oxygen atoms in total. The van der Waals surface area contributed by atoms with E-state index in [9.17, 15) is 5.26 Å². The largest absolute Gasteiger partial charge is 0.324 e. The van der Waals surface area contributed by atoms with Crippen molar-refractivity contribution < 1.29 is 0 Å². The molecule has 0 spiro atoms. The molecule has 0 saturated carbocycles. The van der Waals surface area contributed by atoms with Gasteiger partial charge in [0, 0.05) is 17.1 Å². The molecule has 3 aromatic heterocycles. The van der Waals surface area contributed by atoms with Crippen LogP contribution in [0, 0.1) is 25.2 Å². The molecule has 4 aromatic rings. The molecule has 0 fully saturated rings. The number of para-hydroxylation sites is 1. The third-order valence-corrected chi connectivity index (χ3v) is 4.26. The summed E-state index contributed by atoms with van der Waals surface area (Å²) in [7, 11) is 0. The summed E-state index contributed by atoms with van der Waals surface area (Å²) in [6, 6.07) is 13.7. The molecule has 0 aliphatic rings. The van der Waals surface area contributed by atoms with Crippen LogP contribution in [0.15, 0.2) is 42.6 Å². The lowest BCUT2D eigenvalue weighted by atomic mass is 10.1. The minimum Gasteiger partial charge on any atom is -0.324 e. The maximum absolute atomic E-state index is 9.47. The fourth-order valence-electron chi connectivity index (χ4n) is 2.88. The molecule has 132 valence electrons. The molecule has 0 aliphatic carbocycles. The van der Waals surface area contributed by atoms with Crippen molar-refractivity contribution in [3.63, 3.8) is 0 Å². The Labute approximate surface area is 160 Å². The Bertz CT molecular complexity index is 1190. The highest BCUT2D eigenvalue weighted by molar-refractivity contribution is 6.28. The van der Waals surface area contributed by atoms with E-state index in [0.29, 0.717) is 28.7 Å². The van der Waals surface area contributed by atoms with Crippen molar-refractivity contribution in [2.24, 2.45) is 0 Å². The predicted molar refractivity (Wildman–Crippen MR) is 103 cm³/mol. The summed E-state index contributed by atoms with van der Waals surface area (Å²) in [5.41, 5.74) is 3.00. The van der Waals surface area contributed by atoms with Crippen LogP contribution in [0.25, 0.3) is 16.7 Å². The Balaban J connectivity index is 1.85. The third-order valence-electron chi connectivity index (χ3n) is 4.09. The van der Waals surface area contributed by atoms with Gasteiger partial charge < -0.3 is 5.32 Å². The Morgan fingerprint density at radius 1 is 1.11 bits per heavy atom. The summed E-state index contributed by atoms with van der Waals surface area (Å²) >= 11 is 5.94. The maximum Gasteiger partial charge on any atom is 0.224 e. The Hall–Kier alpha value is -3.50. The van der Waals surface area contributed by atoms with Gasteiger partial charge in [0.1, 0.15) is 17.5 Å². The van der Waals surface area contributed by atoms with Gasteiger partial charge in [-0.05, 0) is 43.1 Å². The van der Waals surface area contributed by atoms with Gasteiger partial charge in [-0.3, -0.25) is 0 Å². The molecule has 27 heavy (non-hydrogen) atoms. The Morgan fingerprint density at radius 2 is 1.93 bits per heavy atom. The van der Waals surface area contributed by atoms with Crippen molar-refractivity contribution in [1.29, 1.82) is 5.26 Å². The second-order valence-corrected chi connectivity index (χ2v) is 6.37. The van der Waals surface area contributed by atoms with E-state index in [1.807, 2.05) is 44.2 Å². The van der Waals surface area contributed by atoms with Crippen molar-refractivity contribution in [2.75, 3.05) is 5.32 Å². The molecule has 0 amide bonds. The third kappa shape index (κ3) is 3.18. The molecule has 0 unspecified atom stereocenters. The van der Waals surface area contributed by atoms with Gasteiger partial charge in [0.05, 0.1) is 11.7 Å². The molecule has 0 atom stereocenters. The van der Waals surface area contributed by atoms with Crippen molar-refractivity contribution in [1.82, 2.24) is 24.7 Å². The number of anilines is 2. The van der Waals surface area contributed by atoms with E-state index in [4.69, 9.17) is 11.6 Å². The number of benzene rings is 1. The van der Waals surface area contributed by atoms with Gasteiger partial charge in [0.2, 0.25) is 5.28 Å². The fourth-order valence-corrected chi connectivity index (χ4v) is 3.11. The SMILES string of the molecule is Cc1cc(Nc2c(C#N)cnn2-c2cc(C)c3ccccc3n2)nc(Cl)n1. The number of hydrogen-bond acceptors (Lipinski definition) is 6. The zero-order valence-electron chi connectivity index (χ0n) is 14.6. The first-order chi connectivity index (χ1) is 13.0. The number of fused-ring (bicyclic) bond motifs is 1. The van der Waals surface area contributed by atoms with Crippen LogP contribution in [0.5, 0.6) is 0 Å². The van der Waals surface area contributed by atoms with Gasteiger partial charge in [-0.2, -0.15) is 15.0 Å². The first-order valence-electron chi connectivity index (χ1n) is 8.18. The smallest absolute Gasteiger partial charge is 0.224 e. The quantitative estimate of drug-likeness (QED) is 0.542. The molecule has 0 radical (unpaired) electrons. The molecule has 0 saturated heterocycles. The van der Waals surface area contributed by atoms with E-state index in [1.54, 1.807) is 10.7 Å². The summed E-state index contributed by atoms with van der Waals surface area (Å²) in [4.78, 5) is 12.9. The summed E-state index contributed by atoms with van der Waals surface area (Å²) in [6.45, 7) is 3.83. The van der Waals surface area contributed by atoms with Gasteiger partial charge in [0.25, 0.3) is 0 Å². The summed E-state index contributed by atoms with van der Waals surface area (Å²) in [5.74, 6) is 1.55. The van der Waals surface area contributed by atoms with Gasteiger partial charge in [-0.25, -0.2) is 15.0 Å². The number of halogens is 1. The van der Waals surface area contributed by atoms with Gasteiger partial charge >= 0.3 is 0 Å². The molecule has 0 bridgehead atoms. The van der Waals surface area contributed by atoms with E-state index in [-0.39, 0.29) is 5.28 Å². The molecule has 1 N–H and O–H groups in total. The second kappa shape index (κ2) is 6.67. The average molecular weight is 376 g/mol. The summed E-state index contributed by atoms with van der Waals surface area (Å²) < 4.78 is 1.59. The molecule has 8 heteroatoms. The van der Waals surface area contributed by atoms with Crippen molar-refractivity contribution in [3.05, 3.63) is 64.7 Å². The van der Waals surface area contributed by atoms with Gasteiger partial charge in [-0.15, -0.1) is 0 Å². The number of rotatable bonds is 3. The zero-order chi connectivity index (χ0) is 19.0. The van der Waals surface area contributed by atoms with E-state index >= 15 is 0 Å². The van der Waals surface area contributed by atoms with E-state index in [1.165, 1.54) is 6.20 Å². The van der Waals surface area contributed by atoms with Crippen molar-refractivity contribution in [3.8, 4) is 11.9 Å². The molecular weight excluding hydrogens is 362 g/mol. The molecular formula is C19H14ClN7. The number of nitrogens with zero attached hydrogens (tertiary/aromatic N) is 6. The minimum atomic E-state index is 0.127. The average Bonchev–Trinajstić information content (AvgIpc) is 3.03. The van der Waals surface area contributed by atoms with Crippen molar-refractivity contribution in [2.45, 2.75) is 13.8 Å². The van der Waals surface area contributed by atoms with Crippen LogP contribution < -0.4 is 5.32 Å². The first kappa shape index (κ1) is 16.9. The summed E-state index contributed by atoms with van der Waals surface area (Å²) in [5, 5.41) is 18.1. The van der Waals surface area contributed by atoms with Crippen LogP contribution >= 0.6 is 11.6 Å². The van der Waals surface area contributed by atoms with Crippen LogP contribution in [0.4, 0.5) is 11.6 Å². The lowest BCUT2D eigenvalue weighted by molar-refractivity contribution is 0.857. The van der Waals surface area contributed by atoms with Crippen LogP contribution in [0.3, 0.4) is 0 Å². The Morgan fingerprint density at radius 3 is 2.70 bits per heavy atom. The minimum absolute atomic E-state index is 0.127. The van der Waals surface area contributed by atoms with Crippen LogP contribution in [-0.2, 0) is 0 Å². The number of hydrogen-bond donors (Lipinski definition) is 1. The molecule has 3 heterocycles. The summed E-state index contributed by atoms with van der Waals surface area (Å²) in [6.07, 6.45) is 1.49. The van der Waals surface area contributed by atoms with Crippen molar-refractivity contribution >= 4 is 34.1 Å². The van der Waals surface area contributed by atoms with E-state index in [0.717, 1.165) is 16.5 Å². The monoisotopic (exact) mass is 375 g/mol. The molecule has 0 aliphatic heterocycles. The predicted octanol–water partition coefficient (Wildman–Crippen LogP) is 4.10. The highest BCUT2D eigenvalue weighted by atomic mass is 35.5. The molecule has 4 rings (SSSR count). The van der Waals surface area contributed by atoms with Crippen LogP contribution in [0.2, 0.25) is 5.28 Å².